The first-order chi connectivity index (χ1) is 8.94. The third kappa shape index (κ3) is 2.13. The summed E-state index contributed by atoms with van der Waals surface area (Å²) in [6.45, 7) is 2.13. The van der Waals surface area contributed by atoms with Gasteiger partial charge in [0.2, 0.25) is 16.0 Å². The van der Waals surface area contributed by atoms with Gasteiger partial charge in [0.15, 0.2) is 0 Å². The van der Waals surface area contributed by atoms with Gasteiger partial charge in [0.25, 0.3) is 0 Å². The monoisotopic (exact) mass is 288 g/mol. The highest BCUT2D eigenvalue weighted by Gasteiger charge is 2.56. The van der Waals surface area contributed by atoms with Crippen LogP contribution in [0.4, 0.5) is 4.39 Å². The summed E-state index contributed by atoms with van der Waals surface area (Å²) in [5, 5.41) is 0. The topological polar surface area (TPSA) is 59.0 Å². The van der Waals surface area contributed by atoms with Gasteiger partial charge < -0.3 is 0 Å². The smallest absolute Gasteiger partial charge is 0.241 e. The van der Waals surface area contributed by atoms with Gasteiger partial charge in [-0.3, -0.25) is 4.84 Å². The first kappa shape index (κ1) is 13.2. The molecule has 0 radical (unpaired) electrons. The molecule has 0 aromatic rings. The van der Waals surface area contributed by atoms with Gasteiger partial charge in [0.05, 0.1) is 17.4 Å². The summed E-state index contributed by atoms with van der Waals surface area (Å²) in [5.41, 5.74) is 0. The van der Waals surface area contributed by atoms with Crippen molar-refractivity contribution < 1.29 is 17.6 Å². The molecule has 1 unspecified atom stereocenters. The number of allylic oxidation sites excluding steroid dienone is 1. The Hall–Kier alpha value is -0.790. The Balaban J connectivity index is 1.81. The second-order valence-corrected chi connectivity index (χ2v) is 7.90. The van der Waals surface area contributed by atoms with Crippen molar-refractivity contribution in [3.63, 3.8) is 0 Å². The highest BCUT2D eigenvalue weighted by molar-refractivity contribution is 7.90. The first-order valence-corrected chi connectivity index (χ1v) is 7.95. The van der Waals surface area contributed by atoms with Crippen LogP contribution in [0.2, 0.25) is 0 Å². The van der Waals surface area contributed by atoms with Gasteiger partial charge in [0.1, 0.15) is 0 Å². The van der Waals surface area contributed by atoms with E-state index in [4.69, 9.17) is 4.84 Å². The predicted octanol–water partition coefficient (Wildman–Crippen LogP) is 1.78. The maximum Gasteiger partial charge on any atom is 0.241 e. The zero-order valence-electron chi connectivity index (χ0n) is 10.8. The molecule has 0 aromatic heterocycles. The number of halogens is 1. The third-order valence-electron chi connectivity index (χ3n) is 4.16. The summed E-state index contributed by atoms with van der Waals surface area (Å²) < 4.78 is 38.4. The van der Waals surface area contributed by atoms with E-state index in [-0.39, 0.29) is 12.0 Å². The van der Waals surface area contributed by atoms with Crippen molar-refractivity contribution in [1.82, 2.24) is 4.47 Å². The number of hydrogen-bond donors (Lipinski definition) is 0. The van der Waals surface area contributed by atoms with Gasteiger partial charge in [-0.25, -0.2) is 13.4 Å². The number of hydrogen-bond acceptors (Lipinski definition) is 4. The lowest BCUT2D eigenvalue weighted by molar-refractivity contribution is -0.0557. The zero-order valence-corrected chi connectivity index (χ0v) is 11.6. The SMILES string of the molecule is CC1(S(=O)(=O)N2OCC[C@H]2C2C=NC(F)=CC2)CC1. The lowest BCUT2D eigenvalue weighted by Gasteiger charge is -2.29. The van der Waals surface area contributed by atoms with Crippen molar-refractivity contribution in [2.45, 2.75) is 43.4 Å². The van der Waals surface area contributed by atoms with Crippen LogP contribution in [0.5, 0.6) is 0 Å². The van der Waals surface area contributed by atoms with Crippen molar-refractivity contribution >= 4 is 16.2 Å². The molecule has 1 aliphatic carbocycles. The summed E-state index contributed by atoms with van der Waals surface area (Å²) >= 11 is 0. The molecule has 0 N–H and O–H groups in total. The minimum Gasteiger partial charge on any atom is -0.284 e. The van der Waals surface area contributed by atoms with Crippen LogP contribution in [0.3, 0.4) is 0 Å². The van der Waals surface area contributed by atoms with E-state index in [1.54, 1.807) is 6.92 Å². The van der Waals surface area contributed by atoms with Crippen LogP contribution in [0.1, 0.15) is 32.6 Å². The van der Waals surface area contributed by atoms with E-state index < -0.39 is 20.7 Å². The molecule has 106 valence electrons. The third-order valence-corrected chi connectivity index (χ3v) is 6.66. The molecule has 1 saturated carbocycles. The number of sulfonamides is 1. The van der Waals surface area contributed by atoms with Crippen molar-refractivity contribution in [1.29, 1.82) is 0 Å². The molecule has 2 fully saturated rings. The lowest BCUT2D eigenvalue weighted by atomic mass is 9.95. The van der Waals surface area contributed by atoms with E-state index >= 15 is 0 Å². The van der Waals surface area contributed by atoms with E-state index in [0.717, 1.165) is 4.47 Å². The second-order valence-electron chi connectivity index (χ2n) is 5.60. The maximum atomic E-state index is 12.9. The van der Waals surface area contributed by atoms with Gasteiger partial charge in [-0.2, -0.15) is 4.39 Å². The van der Waals surface area contributed by atoms with Gasteiger partial charge >= 0.3 is 0 Å². The Morgan fingerprint density at radius 3 is 2.84 bits per heavy atom. The Morgan fingerprint density at radius 1 is 1.53 bits per heavy atom. The summed E-state index contributed by atoms with van der Waals surface area (Å²) in [5.74, 6) is -0.613. The maximum absolute atomic E-state index is 12.9. The van der Waals surface area contributed by atoms with Crippen LogP contribution >= 0.6 is 0 Å². The number of aliphatic imine (C=N–C) groups is 1. The van der Waals surface area contributed by atoms with E-state index in [1.165, 1.54) is 12.3 Å². The molecule has 3 rings (SSSR count). The number of nitrogens with zero attached hydrogens (tertiary/aromatic N) is 2. The molecule has 7 heteroatoms. The Labute approximate surface area is 112 Å². The first-order valence-electron chi connectivity index (χ1n) is 6.51. The summed E-state index contributed by atoms with van der Waals surface area (Å²) in [6.07, 6.45) is 5.34. The number of hydroxylamine groups is 1. The van der Waals surface area contributed by atoms with E-state index in [1.807, 2.05) is 0 Å². The molecule has 19 heavy (non-hydrogen) atoms. The molecule has 0 bridgehead atoms. The van der Waals surface area contributed by atoms with Crippen LogP contribution < -0.4 is 0 Å². The molecule has 1 saturated heterocycles. The Bertz CT molecular complexity index is 539. The molecule has 0 amide bonds. The highest BCUT2D eigenvalue weighted by atomic mass is 32.2. The average molecular weight is 288 g/mol. The Kier molecular flexibility index (Phi) is 3.03. The fourth-order valence-electron chi connectivity index (χ4n) is 2.50. The van der Waals surface area contributed by atoms with E-state index in [2.05, 4.69) is 4.99 Å². The highest BCUT2D eigenvalue weighted by Crippen LogP contribution is 2.46. The lowest BCUT2D eigenvalue weighted by Crippen LogP contribution is -2.44. The normalized spacial score (nSPS) is 34.3. The van der Waals surface area contributed by atoms with Crippen LogP contribution in [-0.4, -0.2) is 36.5 Å². The van der Waals surface area contributed by atoms with Crippen LogP contribution in [-0.2, 0) is 14.9 Å². The van der Waals surface area contributed by atoms with Crippen molar-refractivity contribution in [2.24, 2.45) is 10.9 Å². The van der Waals surface area contributed by atoms with Crippen molar-refractivity contribution in [3.05, 3.63) is 12.0 Å². The molecular weight excluding hydrogens is 271 g/mol. The molecule has 2 heterocycles. The number of rotatable bonds is 3. The van der Waals surface area contributed by atoms with E-state index in [0.29, 0.717) is 32.3 Å². The molecule has 5 nitrogen and oxygen atoms in total. The minimum absolute atomic E-state index is 0.112. The molecule has 2 aliphatic heterocycles. The summed E-state index contributed by atoms with van der Waals surface area (Å²) in [4.78, 5) is 8.99. The molecule has 0 spiro atoms. The average Bonchev–Trinajstić information content (AvgIpc) is 2.94. The Morgan fingerprint density at radius 2 is 2.26 bits per heavy atom. The van der Waals surface area contributed by atoms with Gasteiger partial charge in [0, 0.05) is 12.1 Å². The van der Waals surface area contributed by atoms with Gasteiger partial charge in [-0.05, 0) is 38.7 Å². The molecule has 0 aromatic carbocycles. The fourth-order valence-corrected chi connectivity index (χ4v) is 4.39. The van der Waals surface area contributed by atoms with Crippen molar-refractivity contribution in [2.75, 3.05) is 6.61 Å². The molecular formula is C12H17FN2O3S. The largest absolute Gasteiger partial charge is 0.284 e. The van der Waals surface area contributed by atoms with E-state index in [9.17, 15) is 12.8 Å². The molecule has 3 aliphatic rings. The second kappa shape index (κ2) is 4.36. The minimum atomic E-state index is -3.44. The standard InChI is InChI=1S/C12H17FN2O3S/c1-12(5-6-12)19(16,17)15-10(4-7-18-15)9-2-3-11(13)14-8-9/h3,8-10H,2,4-7H2,1H3/t9?,10-/m0/s1. The van der Waals surface area contributed by atoms with Crippen LogP contribution in [0.25, 0.3) is 0 Å². The van der Waals surface area contributed by atoms with Crippen LogP contribution in [0, 0.1) is 5.92 Å². The quantitative estimate of drug-likeness (QED) is 0.744. The molecule has 2 atom stereocenters. The predicted molar refractivity (Wildman–Crippen MR) is 68.5 cm³/mol. The van der Waals surface area contributed by atoms with Gasteiger partial charge in [-0.1, -0.05) is 4.47 Å². The fraction of sp³-hybridized carbons (Fsp3) is 0.750. The zero-order chi connectivity index (χ0) is 13.7. The summed E-state index contributed by atoms with van der Waals surface area (Å²) in [6, 6.07) is -0.268. The van der Waals surface area contributed by atoms with Gasteiger partial charge in [-0.15, -0.1) is 0 Å². The van der Waals surface area contributed by atoms with Crippen LogP contribution in [0.15, 0.2) is 17.0 Å². The van der Waals surface area contributed by atoms with Crippen molar-refractivity contribution in [3.8, 4) is 0 Å². The summed E-state index contributed by atoms with van der Waals surface area (Å²) in [7, 11) is -3.44.